The Bertz CT molecular complexity index is 487. The molecule has 112 valence electrons. The molecular formula is C18H22O3. The zero-order valence-corrected chi connectivity index (χ0v) is 12.2. The van der Waals surface area contributed by atoms with Gasteiger partial charge in [-0.15, -0.1) is 0 Å². The third-order valence-electron chi connectivity index (χ3n) is 3.63. The Hall–Kier alpha value is -1.68. The SMILES string of the molecule is CC(O)(C[C@@H](O)c1ccccc1)C[C@@H](O)c1ccccc1. The van der Waals surface area contributed by atoms with Gasteiger partial charge in [0.15, 0.2) is 0 Å². The van der Waals surface area contributed by atoms with Gasteiger partial charge >= 0.3 is 0 Å². The first kappa shape index (κ1) is 15.7. The molecule has 0 saturated heterocycles. The number of hydrogen-bond donors (Lipinski definition) is 3. The van der Waals surface area contributed by atoms with E-state index in [4.69, 9.17) is 0 Å². The van der Waals surface area contributed by atoms with Crippen molar-refractivity contribution in [3.63, 3.8) is 0 Å². The van der Waals surface area contributed by atoms with E-state index in [1.54, 1.807) is 6.92 Å². The van der Waals surface area contributed by atoms with Crippen LogP contribution >= 0.6 is 0 Å². The van der Waals surface area contributed by atoms with E-state index in [9.17, 15) is 15.3 Å². The summed E-state index contributed by atoms with van der Waals surface area (Å²) < 4.78 is 0. The lowest BCUT2D eigenvalue weighted by molar-refractivity contribution is -0.0334. The van der Waals surface area contributed by atoms with Crippen LogP contribution in [0.15, 0.2) is 60.7 Å². The Kier molecular flexibility index (Phi) is 5.12. The molecule has 2 aromatic rings. The van der Waals surface area contributed by atoms with Gasteiger partial charge in [0.1, 0.15) is 0 Å². The van der Waals surface area contributed by atoms with Gasteiger partial charge in [0, 0.05) is 12.8 Å². The third-order valence-corrected chi connectivity index (χ3v) is 3.63. The first-order valence-electron chi connectivity index (χ1n) is 7.16. The van der Waals surface area contributed by atoms with Crippen LogP contribution in [0.5, 0.6) is 0 Å². The fourth-order valence-corrected chi connectivity index (χ4v) is 2.50. The predicted octanol–water partition coefficient (Wildman–Crippen LogP) is 2.98. The van der Waals surface area contributed by atoms with Crippen molar-refractivity contribution in [2.45, 2.75) is 37.6 Å². The zero-order chi connectivity index (χ0) is 15.3. The van der Waals surface area contributed by atoms with Crippen LogP contribution in [0.3, 0.4) is 0 Å². The van der Waals surface area contributed by atoms with Gasteiger partial charge in [-0.1, -0.05) is 60.7 Å². The summed E-state index contributed by atoms with van der Waals surface area (Å²) in [6.45, 7) is 1.64. The molecule has 0 heterocycles. The lowest BCUT2D eigenvalue weighted by Gasteiger charge is -2.28. The standard InChI is InChI=1S/C18H22O3/c1-18(21,12-16(19)14-8-4-2-5-9-14)13-17(20)15-10-6-3-7-11-15/h2-11,16-17,19-21H,12-13H2,1H3/t16-,17-/m1/s1. The molecule has 3 heteroatoms. The van der Waals surface area contributed by atoms with E-state index in [1.165, 1.54) is 0 Å². The highest BCUT2D eigenvalue weighted by atomic mass is 16.3. The third kappa shape index (κ3) is 4.67. The van der Waals surface area contributed by atoms with E-state index in [2.05, 4.69) is 0 Å². The van der Waals surface area contributed by atoms with Gasteiger partial charge < -0.3 is 15.3 Å². The average Bonchev–Trinajstić information content (AvgIpc) is 2.48. The molecular weight excluding hydrogens is 264 g/mol. The van der Waals surface area contributed by atoms with Crippen LogP contribution in [-0.2, 0) is 0 Å². The van der Waals surface area contributed by atoms with E-state index < -0.39 is 17.8 Å². The summed E-state index contributed by atoms with van der Waals surface area (Å²) in [5, 5.41) is 30.9. The minimum absolute atomic E-state index is 0.181. The maximum Gasteiger partial charge on any atom is 0.0817 e. The van der Waals surface area contributed by atoms with Crippen LogP contribution in [0.4, 0.5) is 0 Å². The van der Waals surface area contributed by atoms with Gasteiger partial charge in [0.2, 0.25) is 0 Å². The quantitative estimate of drug-likeness (QED) is 0.765. The van der Waals surface area contributed by atoms with Gasteiger partial charge in [-0.25, -0.2) is 0 Å². The molecule has 0 radical (unpaired) electrons. The molecule has 0 amide bonds. The van der Waals surface area contributed by atoms with Crippen LogP contribution < -0.4 is 0 Å². The summed E-state index contributed by atoms with van der Waals surface area (Å²) in [5.41, 5.74) is 0.392. The van der Waals surface area contributed by atoms with Crippen molar-refractivity contribution in [3.05, 3.63) is 71.8 Å². The van der Waals surface area contributed by atoms with Gasteiger partial charge in [-0.05, 0) is 18.1 Å². The second-order valence-corrected chi connectivity index (χ2v) is 5.76. The number of benzene rings is 2. The Balaban J connectivity index is 1.98. The molecule has 2 rings (SSSR count). The minimum Gasteiger partial charge on any atom is -0.390 e. The molecule has 0 aliphatic rings. The molecule has 3 N–H and O–H groups in total. The van der Waals surface area contributed by atoms with Crippen LogP contribution in [0.25, 0.3) is 0 Å². The van der Waals surface area contributed by atoms with Crippen LogP contribution in [0.1, 0.15) is 43.1 Å². The topological polar surface area (TPSA) is 60.7 Å². The fraction of sp³-hybridized carbons (Fsp3) is 0.333. The van der Waals surface area contributed by atoms with Crippen molar-refractivity contribution in [1.29, 1.82) is 0 Å². The zero-order valence-electron chi connectivity index (χ0n) is 12.2. The molecule has 0 spiro atoms. The molecule has 21 heavy (non-hydrogen) atoms. The van der Waals surface area contributed by atoms with Gasteiger partial charge in [-0.3, -0.25) is 0 Å². The highest BCUT2D eigenvalue weighted by Gasteiger charge is 2.28. The number of rotatable bonds is 6. The summed E-state index contributed by atoms with van der Waals surface area (Å²) in [5.74, 6) is 0. The van der Waals surface area contributed by atoms with Crippen LogP contribution in [-0.4, -0.2) is 20.9 Å². The second-order valence-electron chi connectivity index (χ2n) is 5.76. The largest absolute Gasteiger partial charge is 0.390 e. The predicted molar refractivity (Wildman–Crippen MR) is 82.7 cm³/mol. The summed E-state index contributed by atoms with van der Waals surface area (Å²) in [7, 11) is 0. The first-order valence-corrected chi connectivity index (χ1v) is 7.16. The van der Waals surface area contributed by atoms with Crippen molar-refractivity contribution in [1.82, 2.24) is 0 Å². The van der Waals surface area contributed by atoms with Crippen LogP contribution in [0, 0.1) is 0 Å². The van der Waals surface area contributed by atoms with Crippen molar-refractivity contribution in [2.24, 2.45) is 0 Å². The second kappa shape index (κ2) is 6.85. The molecule has 3 nitrogen and oxygen atoms in total. The lowest BCUT2D eigenvalue weighted by Crippen LogP contribution is -2.29. The molecule has 0 aliphatic heterocycles. The number of hydrogen-bond acceptors (Lipinski definition) is 3. The van der Waals surface area contributed by atoms with E-state index in [0.29, 0.717) is 0 Å². The van der Waals surface area contributed by atoms with E-state index in [1.807, 2.05) is 60.7 Å². The Morgan fingerprint density at radius 2 is 1.10 bits per heavy atom. The molecule has 0 fully saturated rings. The Morgan fingerprint density at radius 3 is 1.43 bits per heavy atom. The Morgan fingerprint density at radius 1 is 0.762 bits per heavy atom. The summed E-state index contributed by atoms with van der Waals surface area (Å²) in [4.78, 5) is 0. The maximum absolute atomic E-state index is 10.5. The van der Waals surface area contributed by atoms with Crippen molar-refractivity contribution in [3.8, 4) is 0 Å². The lowest BCUT2D eigenvalue weighted by atomic mass is 9.87. The molecule has 0 aromatic heterocycles. The summed E-state index contributed by atoms with van der Waals surface area (Å²) >= 11 is 0. The number of aliphatic hydroxyl groups excluding tert-OH is 2. The van der Waals surface area contributed by atoms with E-state index in [0.717, 1.165) is 11.1 Å². The molecule has 0 unspecified atom stereocenters. The van der Waals surface area contributed by atoms with Gasteiger partial charge in [-0.2, -0.15) is 0 Å². The first-order chi connectivity index (χ1) is 9.98. The molecule has 0 bridgehead atoms. The molecule has 2 aromatic carbocycles. The smallest absolute Gasteiger partial charge is 0.0817 e. The van der Waals surface area contributed by atoms with Crippen LogP contribution in [0.2, 0.25) is 0 Å². The van der Waals surface area contributed by atoms with Gasteiger partial charge in [0.05, 0.1) is 17.8 Å². The fourth-order valence-electron chi connectivity index (χ4n) is 2.50. The molecule has 2 atom stereocenters. The van der Waals surface area contributed by atoms with Crippen molar-refractivity contribution < 1.29 is 15.3 Å². The number of aliphatic hydroxyl groups is 3. The molecule has 0 saturated carbocycles. The summed E-state index contributed by atoms with van der Waals surface area (Å²) in [6.07, 6.45) is -1.13. The average molecular weight is 286 g/mol. The highest BCUT2D eigenvalue weighted by molar-refractivity contribution is 5.19. The normalized spacial score (nSPS) is 14.7. The molecule has 0 aliphatic carbocycles. The summed E-state index contributed by atoms with van der Waals surface area (Å²) in [6, 6.07) is 18.5. The highest BCUT2D eigenvalue weighted by Crippen LogP contribution is 2.31. The maximum atomic E-state index is 10.5. The van der Waals surface area contributed by atoms with Crippen molar-refractivity contribution >= 4 is 0 Å². The van der Waals surface area contributed by atoms with E-state index >= 15 is 0 Å². The van der Waals surface area contributed by atoms with E-state index in [-0.39, 0.29) is 12.8 Å². The van der Waals surface area contributed by atoms with Gasteiger partial charge in [0.25, 0.3) is 0 Å². The monoisotopic (exact) mass is 286 g/mol. The van der Waals surface area contributed by atoms with Crippen molar-refractivity contribution in [2.75, 3.05) is 0 Å². The minimum atomic E-state index is -1.15. The Labute approximate surface area is 125 Å².